The molecule has 2 fully saturated rings. The van der Waals surface area contributed by atoms with Crippen molar-refractivity contribution in [1.82, 2.24) is 5.32 Å². The molecule has 0 radical (unpaired) electrons. The number of nitrogens with one attached hydrogen (secondary N) is 1. The average molecular weight is 354 g/mol. The second-order valence-corrected chi connectivity index (χ2v) is 6.49. The zero-order valence-corrected chi connectivity index (χ0v) is 12.9. The summed E-state index contributed by atoms with van der Waals surface area (Å²) in [5.74, 6) is -0.439. The quantitative estimate of drug-likeness (QED) is 0.815. The molecular weight excluding hydrogens is 338 g/mol. The molecular formula is C15H16BrNO4. The number of carbonyl (C=O) groups is 2. The molecule has 0 aromatic carbocycles. The number of hydrogen-bond donors (Lipinski definition) is 2. The molecule has 1 aromatic heterocycles. The van der Waals surface area contributed by atoms with Crippen LogP contribution in [0, 0.1) is 17.8 Å². The fraction of sp³-hybridized carbons (Fsp3) is 0.467. The maximum Gasteiger partial charge on any atom is 0.308 e. The van der Waals surface area contributed by atoms with Crippen molar-refractivity contribution >= 4 is 33.9 Å². The summed E-state index contributed by atoms with van der Waals surface area (Å²) in [6, 6.07) is 3.24. The minimum Gasteiger partial charge on any atom is -0.481 e. The van der Waals surface area contributed by atoms with E-state index in [2.05, 4.69) is 21.2 Å². The van der Waals surface area contributed by atoms with Crippen LogP contribution >= 0.6 is 15.9 Å². The largest absolute Gasteiger partial charge is 0.481 e. The van der Waals surface area contributed by atoms with E-state index in [1.54, 1.807) is 18.2 Å². The Bertz CT molecular complexity index is 594. The normalized spacial score (nSPS) is 30.9. The van der Waals surface area contributed by atoms with E-state index in [1.807, 2.05) is 0 Å². The standard InChI is InChI=1S/C15H16BrNO4/c16-11-5-3-10(21-11)4-6-12(18)17-14-9-2-1-8(7-9)13(14)15(19)20/h3-6,8-9,13-14H,1-2,7H2,(H,17,18)(H,19,20). The third-order valence-corrected chi connectivity index (χ3v) is 4.93. The monoisotopic (exact) mass is 353 g/mol. The predicted molar refractivity (Wildman–Crippen MR) is 79.3 cm³/mol. The van der Waals surface area contributed by atoms with Crippen molar-refractivity contribution in [3.8, 4) is 0 Å². The van der Waals surface area contributed by atoms with Crippen molar-refractivity contribution in [3.63, 3.8) is 0 Å². The number of halogens is 1. The number of furan rings is 1. The highest BCUT2D eigenvalue weighted by atomic mass is 79.9. The highest BCUT2D eigenvalue weighted by Gasteiger charge is 2.51. The van der Waals surface area contributed by atoms with E-state index in [9.17, 15) is 14.7 Å². The maximum absolute atomic E-state index is 12.0. The summed E-state index contributed by atoms with van der Waals surface area (Å²) < 4.78 is 5.87. The van der Waals surface area contributed by atoms with Gasteiger partial charge in [0.2, 0.25) is 5.91 Å². The number of hydrogen-bond acceptors (Lipinski definition) is 3. The first-order valence-corrected chi connectivity index (χ1v) is 7.80. The van der Waals surface area contributed by atoms with Crippen molar-refractivity contribution in [2.45, 2.75) is 25.3 Å². The highest BCUT2D eigenvalue weighted by molar-refractivity contribution is 9.10. The smallest absolute Gasteiger partial charge is 0.308 e. The van der Waals surface area contributed by atoms with E-state index >= 15 is 0 Å². The average Bonchev–Trinajstić information content (AvgIpc) is 3.11. The second-order valence-electron chi connectivity index (χ2n) is 5.71. The topological polar surface area (TPSA) is 79.5 Å². The molecule has 2 saturated carbocycles. The van der Waals surface area contributed by atoms with Crippen molar-refractivity contribution in [2.24, 2.45) is 17.8 Å². The summed E-state index contributed by atoms with van der Waals surface area (Å²) in [5.41, 5.74) is 0. The fourth-order valence-corrected chi connectivity index (χ4v) is 3.96. The number of fused-ring (bicyclic) bond motifs is 2. The summed E-state index contributed by atoms with van der Waals surface area (Å²) in [6.45, 7) is 0. The molecule has 2 aliphatic carbocycles. The molecule has 4 unspecified atom stereocenters. The minimum absolute atomic E-state index is 0.211. The molecule has 6 heteroatoms. The summed E-state index contributed by atoms with van der Waals surface area (Å²) in [6.07, 6.45) is 5.84. The van der Waals surface area contributed by atoms with Crippen LogP contribution in [-0.2, 0) is 9.59 Å². The van der Waals surface area contributed by atoms with Crippen LogP contribution in [0.1, 0.15) is 25.0 Å². The van der Waals surface area contributed by atoms with E-state index in [0.29, 0.717) is 16.3 Å². The number of carboxylic acid groups (broad SMARTS) is 1. The second kappa shape index (κ2) is 5.67. The van der Waals surface area contributed by atoms with Gasteiger partial charge in [-0.05, 0) is 65.2 Å². The van der Waals surface area contributed by atoms with Crippen molar-refractivity contribution < 1.29 is 19.1 Å². The maximum atomic E-state index is 12.0. The van der Waals surface area contributed by atoms with Gasteiger partial charge < -0.3 is 14.8 Å². The molecule has 1 aromatic rings. The number of carbonyl (C=O) groups excluding carboxylic acids is 1. The third-order valence-electron chi connectivity index (χ3n) is 4.50. The lowest BCUT2D eigenvalue weighted by atomic mass is 9.84. The Balaban J connectivity index is 1.64. The molecule has 0 saturated heterocycles. The van der Waals surface area contributed by atoms with E-state index < -0.39 is 11.9 Å². The van der Waals surface area contributed by atoms with Crippen LogP contribution < -0.4 is 5.32 Å². The molecule has 0 spiro atoms. The predicted octanol–water partition coefficient (Wildman–Crippen LogP) is 2.67. The van der Waals surface area contributed by atoms with Crippen LogP contribution in [0.2, 0.25) is 0 Å². The van der Waals surface area contributed by atoms with Crippen LogP contribution in [0.5, 0.6) is 0 Å². The molecule has 1 amide bonds. The van der Waals surface area contributed by atoms with Crippen molar-refractivity contribution in [1.29, 1.82) is 0 Å². The lowest BCUT2D eigenvalue weighted by Crippen LogP contribution is -2.46. The van der Waals surface area contributed by atoms with E-state index in [0.717, 1.165) is 19.3 Å². The van der Waals surface area contributed by atoms with E-state index in [1.165, 1.54) is 6.08 Å². The summed E-state index contributed by atoms with van der Waals surface area (Å²) >= 11 is 3.19. The van der Waals surface area contributed by atoms with Crippen molar-refractivity contribution in [2.75, 3.05) is 0 Å². The Hall–Kier alpha value is -1.56. The van der Waals surface area contributed by atoms with Gasteiger partial charge in [0.05, 0.1) is 5.92 Å². The Labute approximate surface area is 130 Å². The summed E-state index contributed by atoms with van der Waals surface area (Å²) in [4.78, 5) is 23.4. The number of amides is 1. The Morgan fingerprint density at radius 3 is 2.76 bits per heavy atom. The lowest BCUT2D eigenvalue weighted by Gasteiger charge is -2.28. The Morgan fingerprint density at radius 2 is 2.10 bits per heavy atom. The molecule has 2 bridgehead atoms. The molecule has 2 aliphatic rings. The van der Waals surface area contributed by atoms with Crippen LogP contribution in [0.4, 0.5) is 0 Å². The van der Waals surface area contributed by atoms with Gasteiger partial charge >= 0.3 is 5.97 Å². The zero-order valence-electron chi connectivity index (χ0n) is 11.3. The first kappa shape index (κ1) is 14.4. The van der Waals surface area contributed by atoms with E-state index in [4.69, 9.17) is 4.42 Å². The van der Waals surface area contributed by atoms with Gasteiger partial charge in [0, 0.05) is 12.1 Å². The lowest BCUT2D eigenvalue weighted by molar-refractivity contribution is -0.144. The molecule has 1 heterocycles. The fourth-order valence-electron chi connectivity index (χ4n) is 3.64. The molecule has 4 atom stereocenters. The third kappa shape index (κ3) is 2.90. The molecule has 21 heavy (non-hydrogen) atoms. The highest BCUT2D eigenvalue weighted by Crippen LogP contribution is 2.48. The van der Waals surface area contributed by atoms with Crippen molar-refractivity contribution in [3.05, 3.63) is 28.6 Å². The first-order chi connectivity index (χ1) is 10.0. The van der Waals surface area contributed by atoms with Crippen LogP contribution in [0.3, 0.4) is 0 Å². The zero-order chi connectivity index (χ0) is 15.0. The Kier molecular flexibility index (Phi) is 3.89. The summed E-state index contributed by atoms with van der Waals surface area (Å²) in [5, 5.41) is 12.2. The van der Waals surface area contributed by atoms with Gasteiger partial charge in [-0.1, -0.05) is 0 Å². The number of aliphatic carboxylic acids is 1. The number of rotatable bonds is 4. The SMILES string of the molecule is O=C(C=Cc1ccc(Br)o1)NC1C2CCC(C2)C1C(=O)O. The summed E-state index contributed by atoms with van der Waals surface area (Å²) in [7, 11) is 0. The molecule has 5 nitrogen and oxygen atoms in total. The molecule has 2 N–H and O–H groups in total. The molecule has 3 rings (SSSR count). The Morgan fingerprint density at radius 1 is 1.33 bits per heavy atom. The van der Waals surface area contributed by atoms with Gasteiger partial charge in [-0.3, -0.25) is 9.59 Å². The van der Waals surface area contributed by atoms with Gasteiger partial charge in [0.25, 0.3) is 0 Å². The minimum atomic E-state index is -0.800. The van der Waals surface area contributed by atoms with Gasteiger partial charge in [0.1, 0.15) is 5.76 Å². The van der Waals surface area contributed by atoms with Gasteiger partial charge in [-0.2, -0.15) is 0 Å². The first-order valence-electron chi connectivity index (χ1n) is 7.01. The van der Waals surface area contributed by atoms with Crippen LogP contribution in [0.15, 0.2) is 27.3 Å². The van der Waals surface area contributed by atoms with Crippen LogP contribution in [0.25, 0.3) is 6.08 Å². The molecule has 112 valence electrons. The van der Waals surface area contributed by atoms with Gasteiger partial charge in [-0.15, -0.1) is 0 Å². The van der Waals surface area contributed by atoms with Gasteiger partial charge in [0.15, 0.2) is 4.67 Å². The number of carboxylic acids is 1. The van der Waals surface area contributed by atoms with E-state index in [-0.39, 0.29) is 17.9 Å². The van der Waals surface area contributed by atoms with Crippen LogP contribution in [-0.4, -0.2) is 23.0 Å². The van der Waals surface area contributed by atoms with Gasteiger partial charge in [-0.25, -0.2) is 0 Å². The molecule has 0 aliphatic heterocycles.